The average Bonchev–Trinajstić information content (AvgIpc) is 2.22. The van der Waals surface area contributed by atoms with Gasteiger partial charge in [0.05, 0.1) is 0 Å². The van der Waals surface area contributed by atoms with Crippen molar-refractivity contribution in [3.8, 4) is 0 Å². The van der Waals surface area contributed by atoms with E-state index in [0.717, 1.165) is 24.9 Å². The Morgan fingerprint density at radius 2 is 1.80 bits per heavy atom. The van der Waals surface area contributed by atoms with Gasteiger partial charge in [-0.15, -0.1) is 0 Å². The highest BCUT2D eigenvalue weighted by atomic mass is 16.1. The maximum Gasteiger partial charge on any atom is 0.224 e. The molecule has 15 heavy (non-hydrogen) atoms. The predicted molar refractivity (Wildman–Crippen MR) is 64.0 cm³/mol. The van der Waals surface area contributed by atoms with Gasteiger partial charge in [-0.2, -0.15) is 0 Å². The van der Waals surface area contributed by atoms with E-state index >= 15 is 0 Å². The second kappa shape index (κ2) is 6.23. The molecule has 0 saturated heterocycles. The molecule has 0 unspecified atom stereocenters. The number of nitrogens with one attached hydrogen (secondary N) is 1. The molecule has 0 aromatic heterocycles. The summed E-state index contributed by atoms with van der Waals surface area (Å²) in [7, 11) is 0. The van der Waals surface area contributed by atoms with Crippen molar-refractivity contribution in [3.05, 3.63) is 29.8 Å². The van der Waals surface area contributed by atoms with Crippen LogP contribution in [-0.4, -0.2) is 5.91 Å². The quantitative estimate of drug-likeness (QED) is 0.784. The molecule has 0 radical (unpaired) electrons. The summed E-state index contributed by atoms with van der Waals surface area (Å²) in [5.41, 5.74) is 2.22. The molecule has 0 atom stereocenters. The van der Waals surface area contributed by atoms with Crippen molar-refractivity contribution in [2.45, 2.75) is 39.5 Å². The molecule has 2 nitrogen and oxygen atoms in total. The molecule has 1 N–H and O–H groups in total. The van der Waals surface area contributed by atoms with Crippen LogP contribution in [0.2, 0.25) is 0 Å². The minimum atomic E-state index is 0.0979. The van der Waals surface area contributed by atoms with E-state index in [1.54, 1.807) is 0 Å². The lowest BCUT2D eigenvalue weighted by Gasteiger charge is -2.05. The number of carbonyl (C=O) groups is 1. The van der Waals surface area contributed by atoms with Gasteiger partial charge in [0, 0.05) is 12.1 Å². The van der Waals surface area contributed by atoms with Crippen molar-refractivity contribution >= 4 is 11.6 Å². The number of carbonyl (C=O) groups excluding carboxylic acids is 1. The molecule has 0 aliphatic heterocycles. The third-order valence-electron chi connectivity index (χ3n) is 2.25. The Morgan fingerprint density at radius 3 is 2.33 bits per heavy atom. The first-order valence-electron chi connectivity index (χ1n) is 5.65. The van der Waals surface area contributed by atoms with E-state index in [4.69, 9.17) is 0 Å². The molecule has 0 saturated carbocycles. The molecule has 0 aliphatic carbocycles. The topological polar surface area (TPSA) is 29.1 Å². The summed E-state index contributed by atoms with van der Waals surface area (Å²) in [5.74, 6) is 0.0979. The normalized spacial score (nSPS) is 10.0. The molecule has 0 fully saturated rings. The van der Waals surface area contributed by atoms with Crippen molar-refractivity contribution in [3.63, 3.8) is 0 Å². The molecule has 82 valence electrons. The van der Waals surface area contributed by atoms with Crippen LogP contribution in [0, 0.1) is 0 Å². The molecule has 0 spiro atoms. The highest BCUT2D eigenvalue weighted by molar-refractivity contribution is 5.90. The summed E-state index contributed by atoms with van der Waals surface area (Å²) in [6.07, 6.45) is 3.74. The molecule has 0 aliphatic rings. The van der Waals surface area contributed by atoms with Crippen molar-refractivity contribution in [1.29, 1.82) is 0 Å². The molecular formula is C13H19NO. The van der Waals surface area contributed by atoms with E-state index in [1.807, 2.05) is 19.1 Å². The molecular weight excluding hydrogens is 186 g/mol. The summed E-state index contributed by atoms with van der Waals surface area (Å²) in [6.45, 7) is 4.17. The first kappa shape index (κ1) is 11.8. The second-order valence-electron chi connectivity index (χ2n) is 3.75. The number of benzene rings is 1. The van der Waals surface area contributed by atoms with Crippen LogP contribution in [0.5, 0.6) is 0 Å². The van der Waals surface area contributed by atoms with Gasteiger partial charge in [0.2, 0.25) is 5.91 Å². The van der Waals surface area contributed by atoms with E-state index in [-0.39, 0.29) is 5.91 Å². The zero-order valence-corrected chi connectivity index (χ0v) is 9.55. The van der Waals surface area contributed by atoms with Crippen LogP contribution in [-0.2, 0) is 11.2 Å². The Kier molecular flexibility index (Phi) is 4.88. The third kappa shape index (κ3) is 4.15. The van der Waals surface area contributed by atoms with Crippen molar-refractivity contribution in [1.82, 2.24) is 0 Å². The van der Waals surface area contributed by atoms with E-state index in [1.165, 1.54) is 5.56 Å². The molecule has 1 aromatic carbocycles. The minimum absolute atomic E-state index is 0.0979. The second-order valence-corrected chi connectivity index (χ2v) is 3.75. The van der Waals surface area contributed by atoms with E-state index in [9.17, 15) is 4.79 Å². The Hall–Kier alpha value is -1.31. The van der Waals surface area contributed by atoms with Crippen LogP contribution in [0.3, 0.4) is 0 Å². The SMILES string of the molecule is CCCC(=O)Nc1ccc(CCC)cc1. The van der Waals surface area contributed by atoms with Gasteiger partial charge in [-0.1, -0.05) is 32.4 Å². The molecule has 1 amide bonds. The lowest BCUT2D eigenvalue weighted by Crippen LogP contribution is -2.10. The fourth-order valence-corrected chi connectivity index (χ4v) is 1.49. The van der Waals surface area contributed by atoms with E-state index in [2.05, 4.69) is 24.4 Å². The van der Waals surface area contributed by atoms with Gasteiger partial charge < -0.3 is 5.32 Å². The zero-order chi connectivity index (χ0) is 11.1. The number of hydrogen-bond acceptors (Lipinski definition) is 1. The Labute approximate surface area is 91.7 Å². The van der Waals surface area contributed by atoms with Gasteiger partial charge in [-0.05, 0) is 30.5 Å². The smallest absolute Gasteiger partial charge is 0.224 e. The van der Waals surface area contributed by atoms with Crippen molar-refractivity contribution in [2.75, 3.05) is 5.32 Å². The predicted octanol–water partition coefficient (Wildman–Crippen LogP) is 3.38. The van der Waals surface area contributed by atoms with Gasteiger partial charge in [0.1, 0.15) is 0 Å². The number of anilines is 1. The lowest BCUT2D eigenvalue weighted by atomic mass is 10.1. The first-order chi connectivity index (χ1) is 7.26. The fourth-order valence-electron chi connectivity index (χ4n) is 1.49. The van der Waals surface area contributed by atoms with Gasteiger partial charge in [0.25, 0.3) is 0 Å². The first-order valence-corrected chi connectivity index (χ1v) is 5.65. The lowest BCUT2D eigenvalue weighted by molar-refractivity contribution is -0.116. The highest BCUT2D eigenvalue weighted by Crippen LogP contribution is 2.11. The Bertz CT molecular complexity index is 303. The maximum absolute atomic E-state index is 11.3. The van der Waals surface area contributed by atoms with Crippen LogP contribution in [0.25, 0.3) is 0 Å². The number of rotatable bonds is 5. The highest BCUT2D eigenvalue weighted by Gasteiger charge is 1.99. The summed E-state index contributed by atoms with van der Waals surface area (Å²) in [6, 6.07) is 8.09. The molecule has 0 bridgehead atoms. The fraction of sp³-hybridized carbons (Fsp3) is 0.462. The van der Waals surface area contributed by atoms with Gasteiger partial charge in [0.15, 0.2) is 0 Å². The monoisotopic (exact) mass is 205 g/mol. The largest absolute Gasteiger partial charge is 0.326 e. The third-order valence-corrected chi connectivity index (χ3v) is 2.25. The van der Waals surface area contributed by atoms with Gasteiger partial charge in [-0.3, -0.25) is 4.79 Å². The van der Waals surface area contributed by atoms with Crippen LogP contribution in [0.15, 0.2) is 24.3 Å². The van der Waals surface area contributed by atoms with Crippen LogP contribution >= 0.6 is 0 Å². The van der Waals surface area contributed by atoms with E-state index < -0.39 is 0 Å². The summed E-state index contributed by atoms with van der Waals surface area (Å²) < 4.78 is 0. The van der Waals surface area contributed by atoms with Crippen LogP contribution in [0.4, 0.5) is 5.69 Å². The summed E-state index contributed by atoms with van der Waals surface area (Å²) >= 11 is 0. The minimum Gasteiger partial charge on any atom is -0.326 e. The standard InChI is InChI=1S/C13H19NO/c1-3-5-11-7-9-12(10-8-11)14-13(15)6-4-2/h7-10H,3-6H2,1-2H3,(H,14,15). The molecule has 0 heterocycles. The van der Waals surface area contributed by atoms with Gasteiger partial charge >= 0.3 is 0 Å². The maximum atomic E-state index is 11.3. The Balaban J connectivity index is 2.52. The summed E-state index contributed by atoms with van der Waals surface area (Å²) in [5, 5.41) is 2.87. The van der Waals surface area contributed by atoms with Crippen LogP contribution < -0.4 is 5.32 Å². The summed E-state index contributed by atoms with van der Waals surface area (Å²) in [4.78, 5) is 11.3. The molecule has 2 heteroatoms. The number of hydrogen-bond donors (Lipinski definition) is 1. The zero-order valence-electron chi connectivity index (χ0n) is 9.55. The van der Waals surface area contributed by atoms with E-state index in [0.29, 0.717) is 6.42 Å². The van der Waals surface area contributed by atoms with Crippen LogP contribution in [0.1, 0.15) is 38.7 Å². The molecule has 1 rings (SSSR count). The Morgan fingerprint density at radius 1 is 1.13 bits per heavy atom. The number of amides is 1. The van der Waals surface area contributed by atoms with Gasteiger partial charge in [-0.25, -0.2) is 0 Å². The average molecular weight is 205 g/mol. The van der Waals surface area contributed by atoms with Crippen molar-refractivity contribution in [2.24, 2.45) is 0 Å². The number of aryl methyl sites for hydroxylation is 1. The van der Waals surface area contributed by atoms with Crippen molar-refractivity contribution < 1.29 is 4.79 Å². The molecule has 1 aromatic rings.